The zero-order valence-electron chi connectivity index (χ0n) is 12.0. The molecule has 0 aliphatic heterocycles. The van der Waals surface area contributed by atoms with Gasteiger partial charge < -0.3 is 15.2 Å². The van der Waals surface area contributed by atoms with Gasteiger partial charge in [-0.3, -0.25) is 0 Å². The van der Waals surface area contributed by atoms with Crippen molar-refractivity contribution in [3.05, 3.63) is 53.6 Å². The van der Waals surface area contributed by atoms with Gasteiger partial charge in [0, 0.05) is 23.9 Å². The minimum Gasteiger partial charge on any atom is -0.507 e. The van der Waals surface area contributed by atoms with Gasteiger partial charge in [-0.25, -0.2) is 0 Å². The minimum atomic E-state index is 0.254. The van der Waals surface area contributed by atoms with Crippen molar-refractivity contribution in [3.8, 4) is 11.5 Å². The molecule has 2 rings (SSSR count). The van der Waals surface area contributed by atoms with Crippen molar-refractivity contribution in [2.75, 3.05) is 12.4 Å². The van der Waals surface area contributed by atoms with E-state index < -0.39 is 0 Å². The van der Waals surface area contributed by atoms with E-state index in [1.165, 1.54) is 5.56 Å². The number of rotatable bonds is 6. The number of methoxy groups -OCH3 is 1. The van der Waals surface area contributed by atoms with Crippen LogP contribution in [0.15, 0.2) is 42.5 Å². The first-order valence-corrected chi connectivity index (χ1v) is 6.92. The Kier molecular flexibility index (Phi) is 4.88. The summed E-state index contributed by atoms with van der Waals surface area (Å²) in [6.45, 7) is 2.77. The molecule has 3 nitrogen and oxygen atoms in total. The van der Waals surface area contributed by atoms with Crippen LogP contribution in [0.3, 0.4) is 0 Å². The van der Waals surface area contributed by atoms with E-state index in [-0.39, 0.29) is 5.75 Å². The molecule has 106 valence electrons. The number of phenols is 1. The van der Waals surface area contributed by atoms with Crippen LogP contribution < -0.4 is 10.1 Å². The van der Waals surface area contributed by atoms with Gasteiger partial charge in [-0.15, -0.1) is 0 Å². The fraction of sp³-hybridized carbons (Fsp3) is 0.294. The highest BCUT2D eigenvalue weighted by Crippen LogP contribution is 2.25. The van der Waals surface area contributed by atoms with Crippen molar-refractivity contribution < 1.29 is 9.84 Å². The normalized spacial score (nSPS) is 10.3. The highest BCUT2D eigenvalue weighted by atomic mass is 16.5. The average Bonchev–Trinajstić information content (AvgIpc) is 2.47. The van der Waals surface area contributed by atoms with Crippen LogP contribution in [-0.4, -0.2) is 12.2 Å². The molecule has 0 aromatic heterocycles. The number of phenolic OH excluding ortho intramolecular Hbond substituents is 1. The lowest BCUT2D eigenvalue weighted by Gasteiger charge is -2.13. The summed E-state index contributed by atoms with van der Waals surface area (Å²) in [5, 5.41) is 13.3. The van der Waals surface area contributed by atoms with Crippen LogP contribution in [0.5, 0.6) is 11.5 Å². The third-order valence-corrected chi connectivity index (χ3v) is 3.30. The van der Waals surface area contributed by atoms with E-state index in [0.29, 0.717) is 12.3 Å². The number of hydrogen-bond donors (Lipinski definition) is 2. The lowest BCUT2D eigenvalue weighted by molar-refractivity contribution is 0.406. The van der Waals surface area contributed by atoms with Gasteiger partial charge in [0.25, 0.3) is 0 Å². The molecule has 0 saturated heterocycles. The monoisotopic (exact) mass is 271 g/mol. The van der Waals surface area contributed by atoms with E-state index >= 15 is 0 Å². The Balaban J connectivity index is 2.09. The van der Waals surface area contributed by atoms with E-state index in [0.717, 1.165) is 24.1 Å². The van der Waals surface area contributed by atoms with Crippen molar-refractivity contribution in [2.45, 2.75) is 26.3 Å². The summed E-state index contributed by atoms with van der Waals surface area (Å²) < 4.78 is 5.08. The Hall–Kier alpha value is -2.16. The fourth-order valence-electron chi connectivity index (χ4n) is 2.19. The molecular weight excluding hydrogens is 250 g/mol. The molecule has 2 aromatic rings. The first-order valence-electron chi connectivity index (χ1n) is 6.92. The number of ether oxygens (including phenoxy) is 1. The highest BCUT2D eigenvalue weighted by molar-refractivity contribution is 5.52. The molecule has 0 unspecified atom stereocenters. The zero-order valence-corrected chi connectivity index (χ0v) is 12.0. The van der Waals surface area contributed by atoms with Crippen molar-refractivity contribution in [1.29, 1.82) is 0 Å². The van der Waals surface area contributed by atoms with Crippen molar-refractivity contribution >= 4 is 5.69 Å². The van der Waals surface area contributed by atoms with Gasteiger partial charge in [-0.05, 0) is 30.2 Å². The van der Waals surface area contributed by atoms with Gasteiger partial charge in [0.2, 0.25) is 0 Å². The van der Waals surface area contributed by atoms with Crippen molar-refractivity contribution in [1.82, 2.24) is 0 Å². The summed E-state index contributed by atoms with van der Waals surface area (Å²) >= 11 is 0. The highest BCUT2D eigenvalue weighted by Gasteiger charge is 2.05. The number of benzene rings is 2. The van der Waals surface area contributed by atoms with Gasteiger partial charge in [0.1, 0.15) is 11.5 Å². The Labute approximate surface area is 120 Å². The van der Waals surface area contributed by atoms with E-state index in [2.05, 4.69) is 30.4 Å². The number of para-hydroxylation sites is 1. The number of anilines is 1. The molecule has 0 radical (unpaired) electrons. The lowest BCUT2D eigenvalue weighted by Crippen LogP contribution is -2.02. The van der Waals surface area contributed by atoms with E-state index in [4.69, 9.17) is 4.74 Å². The summed E-state index contributed by atoms with van der Waals surface area (Å²) in [6.07, 6.45) is 2.17. The topological polar surface area (TPSA) is 41.5 Å². The lowest BCUT2D eigenvalue weighted by atomic mass is 10.1. The molecule has 0 fully saturated rings. The molecule has 0 amide bonds. The molecule has 20 heavy (non-hydrogen) atoms. The van der Waals surface area contributed by atoms with E-state index in [1.807, 2.05) is 18.2 Å². The molecule has 0 aliphatic carbocycles. The summed E-state index contributed by atoms with van der Waals surface area (Å²) in [5.74, 6) is 0.919. The third-order valence-electron chi connectivity index (χ3n) is 3.30. The van der Waals surface area contributed by atoms with Gasteiger partial charge >= 0.3 is 0 Å². The molecule has 0 saturated carbocycles. The molecule has 2 aromatic carbocycles. The number of nitrogens with one attached hydrogen (secondary N) is 1. The van der Waals surface area contributed by atoms with Crippen LogP contribution in [0.1, 0.15) is 24.5 Å². The summed E-state index contributed by atoms with van der Waals surface area (Å²) in [4.78, 5) is 0. The molecule has 2 N–H and O–H groups in total. The molecule has 0 atom stereocenters. The van der Waals surface area contributed by atoms with Gasteiger partial charge in [-0.2, -0.15) is 0 Å². The van der Waals surface area contributed by atoms with Crippen molar-refractivity contribution in [2.24, 2.45) is 0 Å². The van der Waals surface area contributed by atoms with Gasteiger partial charge in [0.15, 0.2) is 0 Å². The third kappa shape index (κ3) is 3.44. The van der Waals surface area contributed by atoms with Gasteiger partial charge in [-0.1, -0.05) is 31.5 Å². The number of aromatic hydroxyl groups is 1. The summed E-state index contributed by atoms with van der Waals surface area (Å²) in [7, 11) is 1.59. The zero-order chi connectivity index (χ0) is 14.4. The van der Waals surface area contributed by atoms with Gasteiger partial charge in [0.05, 0.1) is 7.11 Å². The predicted molar refractivity (Wildman–Crippen MR) is 82.4 cm³/mol. The Morgan fingerprint density at radius 1 is 1.10 bits per heavy atom. The smallest absolute Gasteiger partial charge is 0.124 e. The predicted octanol–water partition coefficient (Wildman–Crippen LogP) is 3.97. The minimum absolute atomic E-state index is 0.254. The Morgan fingerprint density at radius 3 is 2.60 bits per heavy atom. The van der Waals surface area contributed by atoms with Crippen LogP contribution in [0.4, 0.5) is 5.69 Å². The molecule has 0 spiro atoms. The largest absolute Gasteiger partial charge is 0.507 e. The van der Waals surface area contributed by atoms with Crippen LogP contribution in [0, 0.1) is 0 Å². The summed E-state index contributed by atoms with van der Waals surface area (Å²) in [5.41, 5.74) is 3.30. The molecule has 0 heterocycles. The summed E-state index contributed by atoms with van der Waals surface area (Å²) in [6, 6.07) is 13.7. The van der Waals surface area contributed by atoms with Crippen molar-refractivity contribution in [3.63, 3.8) is 0 Å². The quantitative estimate of drug-likeness (QED) is 0.835. The molecular formula is C17H21NO2. The second-order valence-electron chi connectivity index (χ2n) is 4.76. The fourth-order valence-corrected chi connectivity index (χ4v) is 2.19. The maximum atomic E-state index is 9.95. The van der Waals surface area contributed by atoms with E-state index in [1.54, 1.807) is 13.2 Å². The van der Waals surface area contributed by atoms with Crippen LogP contribution in [0.25, 0.3) is 0 Å². The molecule has 3 heteroatoms. The van der Waals surface area contributed by atoms with E-state index in [9.17, 15) is 5.11 Å². The Morgan fingerprint density at radius 2 is 1.90 bits per heavy atom. The first kappa shape index (κ1) is 14.3. The maximum absolute atomic E-state index is 9.95. The maximum Gasteiger partial charge on any atom is 0.124 e. The van der Waals surface area contributed by atoms with Crippen LogP contribution in [0.2, 0.25) is 0 Å². The average molecular weight is 271 g/mol. The SMILES string of the molecule is CCCc1ccccc1NCc1ccc(OC)cc1O. The second kappa shape index (κ2) is 6.85. The Bertz CT molecular complexity index is 567. The molecule has 0 bridgehead atoms. The van der Waals surface area contributed by atoms with Crippen LogP contribution >= 0.6 is 0 Å². The second-order valence-corrected chi connectivity index (χ2v) is 4.76. The number of hydrogen-bond acceptors (Lipinski definition) is 3. The molecule has 0 aliphatic rings. The standard InChI is InChI=1S/C17H21NO2/c1-3-6-13-7-4-5-8-16(13)18-12-14-9-10-15(20-2)11-17(14)19/h4-5,7-11,18-19H,3,6,12H2,1-2H3. The van der Waals surface area contributed by atoms with Crippen LogP contribution in [-0.2, 0) is 13.0 Å². The number of aryl methyl sites for hydroxylation is 1. The first-order chi connectivity index (χ1) is 9.74.